The number of hydrogen-bond donors (Lipinski definition) is 1. The molecule has 0 aromatic rings. The van der Waals surface area contributed by atoms with Crippen LogP contribution in [0.2, 0.25) is 0 Å². The molecule has 0 spiro atoms. The third kappa shape index (κ3) is 1.96. The van der Waals surface area contributed by atoms with Crippen LogP contribution in [-0.4, -0.2) is 12.3 Å². The van der Waals surface area contributed by atoms with Crippen molar-refractivity contribution in [3.05, 3.63) is 0 Å². The maximum absolute atomic E-state index is 8.00. The lowest BCUT2D eigenvalue weighted by Crippen LogP contribution is -2.55. The Hall–Kier alpha value is -0.0800. The summed E-state index contributed by atoms with van der Waals surface area (Å²) in [6.45, 7) is 2.00. The average Bonchev–Trinajstić information content (AvgIpc) is 2.02. The molecule has 0 atom stereocenters. The van der Waals surface area contributed by atoms with E-state index in [0.29, 0.717) is 5.54 Å². The standard InChI is InChI=1S/C10H17N.CH2O.ClH/c11-10-4-7-1-8(5-10)3-9(2-7)6-10;1-2;/h7-9H,1-6,11H2;1H2;1H. The highest BCUT2D eigenvalue weighted by molar-refractivity contribution is 5.85. The first-order valence-corrected chi connectivity index (χ1v) is 5.31. The molecule has 0 aromatic heterocycles. The van der Waals surface area contributed by atoms with Crippen molar-refractivity contribution in [2.45, 2.75) is 44.1 Å². The molecular formula is C11H20ClNO. The largest absolute Gasteiger partial charge is 0.325 e. The Labute approximate surface area is 92.0 Å². The number of carbonyl (C=O) groups is 1. The van der Waals surface area contributed by atoms with Crippen LogP contribution in [0.15, 0.2) is 0 Å². The van der Waals surface area contributed by atoms with Gasteiger partial charge in [0.2, 0.25) is 0 Å². The molecule has 4 fully saturated rings. The zero-order valence-corrected chi connectivity index (χ0v) is 9.39. The predicted molar refractivity (Wildman–Crippen MR) is 59.5 cm³/mol. The molecule has 0 unspecified atom stereocenters. The van der Waals surface area contributed by atoms with Gasteiger partial charge in [0.1, 0.15) is 6.79 Å². The summed E-state index contributed by atoms with van der Waals surface area (Å²) in [6.07, 6.45) is 8.57. The fourth-order valence-electron chi connectivity index (χ4n) is 4.18. The van der Waals surface area contributed by atoms with Crippen LogP contribution < -0.4 is 5.73 Å². The molecule has 0 aliphatic heterocycles. The summed E-state index contributed by atoms with van der Waals surface area (Å²) in [5, 5.41) is 0. The minimum atomic E-state index is 0. The summed E-state index contributed by atoms with van der Waals surface area (Å²) in [7, 11) is 0. The SMILES string of the molecule is C=O.Cl.NC12CC3CC(CC(C3)C1)C2. The van der Waals surface area contributed by atoms with E-state index >= 15 is 0 Å². The quantitative estimate of drug-likeness (QED) is 0.676. The van der Waals surface area contributed by atoms with Crippen molar-refractivity contribution in [3.63, 3.8) is 0 Å². The van der Waals surface area contributed by atoms with Gasteiger partial charge < -0.3 is 10.5 Å². The Balaban J connectivity index is 0.000000309. The highest BCUT2D eigenvalue weighted by Crippen LogP contribution is 2.54. The van der Waals surface area contributed by atoms with Crippen LogP contribution in [0.1, 0.15) is 38.5 Å². The average molecular weight is 218 g/mol. The van der Waals surface area contributed by atoms with Crippen LogP contribution in [0.5, 0.6) is 0 Å². The van der Waals surface area contributed by atoms with Crippen molar-refractivity contribution in [1.29, 1.82) is 0 Å². The molecule has 0 heterocycles. The fourth-order valence-corrected chi connectivity index (χ4v) is 4.18. The molecule has 4 rings (SSSR count). The molecule has 0 saturated heterocycles. The molecule has 14 heavy (non-hydrogen) atoms. The summed E-state index contributed by atoms with van der Waals surface area (Å²) >= 11 is 0. The zero-order chi connectivity index (χ0) is 9.47. The lowest BCUT2D eigenvalue weighted by Gasteiger charge is -2.55. The highest BCUT2D eigenvalue weighted by Gasteiger charge is 2.48. The minimum Gasteiger partial charge on any atom is -0.325 e. The second-order valence-corrected chi connectivity index (χ2v) is 5.28. The normalized spacial score (nSPS) is 47.6. The topological polar surface area (TPSA) is 43.1 Å². The van der Waals surface area contributed by atoms with Gasteiger partial charge in [0.05, 0.1) is 0 Å². The maximum atomic E-state index is 8.00. The van der Waals surface area contributed by atoms with E-state index in [0.717, 1.165) is 17.8 Å². The molecule has 0 amide bonds. The van der Waals surface area contributed by atoms with Gasteiger partial charge >= 0.3 is 0 Å². The third-order valence-corrected chi connectivity index (χ3v) is 4.09. The first kappa shape index (κ1) is 12.0. The smallest absolute Gasteiger partial charge is 0.106 e. The van der Waals surface area contributed by atoms with Crippen molar-refractivity contribution in [1.82, 2.24) is 0 Å². The number of hydrogen-bond acceptors (Lipinski definition) is 2. The Morgan fingerprint density at radius 3 is 1.43 bits per heavy atom. The van der Waals surface area contributed by atoms with Crippen molar-refractivity contribution >= 4 is 19.2 Å². The van der Waals surface area contributed by atoms with Gasteiger partial charge in [0.15, 0.2) is 0 Å². The van der Waals surface area contributed by atoms with E-state index in [1.54, 1.807) is 0 Å². The molecule has 3 heteroatoms. The second-order valence-electron chi connectivity index (χ2n) is 5.28. The molecule has 0 radical (unpaired) electrons. The fraction of sp³-hybridized carbons (Fsp3) is 0.909. The highest BCUT2D eigenvalue weighted by atomic mass is 35.5. The van der Waals surface area contributed by atoms with Gasteiger partial charge in [-0.15, -0.1) is 12.4 Å². The summed E-state index contributed by atoms with van der Waals surface area (Å²) in [4.78, 5) is 8.00. The van der Waals surface area contributed by atoms with Gasteiger partial charge in [-0.05, 0) is 56.3 Å². The molecular weight excluding hydrogens is 198 g/mol. The van der Waals surface area contributed by atoms with Crippen LogP contribution in [0.25, 0.3) is 0 Å². The van der Waals surface area contributed by atoms with Crippen molar-refractivity contribution in [2.75, 3.05) is 0 Å². The summed E-state index contributed by atoms with van der Waals surface area (Å²) in [5.74, 6) is 3.06. The summed E-state index contributed by atoms with van der Waals surface area (Å²) in [5.41, 5.74) is 6.62. The van der Waals surface area contributed by atoms with Crippen LogP contribution in [0.3, 0.4) is 0 Å². The molecule has 2 N–H and O–H groups in total. The van der Waals surface area contributed by atoms with Crippen molar-refractivity contribution in [2.24, 2.45) is 23.5 Å². The van der Waals surface area contributed by atoms with Crippen LogP contribution in [0, 0.1) is 17.8 Å². The lowest BCUT2D eigenvalue weighted by molar-refractivity contribution is -0.0979. The van der Waals surface area contributed by atoms with Crippen LogP contribution in [-0.2, 0) is 4.79 Å². The van der Waals surface area contributed by atoms with Gasteiger partial charge in [-0.2, -0.15) is 0 Å². The predicted octanol–water partition coefficient (Wildman–Crippen LogP) is 2.15. The second kappa shape index (κ2) is 4.19. The van der Waals surface area contributed by atoms with E-state index in [1.807, 2.05) is 6.79 Å². The van der Waals surface area contributed by atoms with E-state index in [9.17, 15) is 0 Å². The van der Waals surface area contributed by atoms with Gasteiger partial charge in [0.25, 0.3) is 0 Å². The molecule has 2 nitrogen and oxygen atoms in total. The number of carbonyl (C=O) groups excluding carboxylic acids is 1. The number of halogens is 1. The lowest BCUT2D eigenvalue weighted by atomic mass is 9.53. The van der Waals surface area contributed by atoms with E-state index in [4.69, 9.17) is 10.5 Å². The monoisotopic (exact) mass is 217 g/mol. The number of nitrogens with two attached hydrogens (primary N) is 1. The Morgan fingerprint density at radius 1 is 0.929 bits per heavy atom. The summed E-state index contributed by atoms with van der Waals surface area (Å²) < 4.78 is 0. The van der Waals surface area contributed by atoms with E-state index < -0.39 is 0 Å². The van der Waals surface area contributed by atoms with E-state index in [2.05, 4.69) is 0 Å². The van der Waals surface area contributed by atoms with Crippen LogP contribution >= 0.6 is 12.4 Å². The van der Waals surface area contributed by atoms with Crippen LogP contribution in [0.4, 0.5) is 0 Å². The molecule has 4 aliphatic carbocycles. The molecule has 4 aliphatic rings. The van der Waals surface area contributed by atoms with Crippen molar-refractivity contribution < 1.29 is 4.79 Å². The molecule has 82 valence electrons. The Kier molecular flexibility index (Phi) is 3.59. The van der Waals surface area contributed by atoms with E-state index in [1.165, 1.54) is 38.5 Å². The van der Waals surface area contributed by atoms with Gasteiger partial charge in [-0.1, -0.05) is 0 Å². The Morgan fingerprint density at radius 2 is 1.21 bits per heavy atom. The third-order valence-electron chi connectivity index (χ3n) is 4.09. The van der Waals surface area contributed by atoms with Crippen molar-refractivity contribution in [3.8, 4) is 0 Å². The zero-order valence-electron chi connectivity index (χ0n) is 8.58. The van der Waals surface area contributed by atoms with E-state index in [-0.39, 0.29) is 12.4 Å². The first-order chi connectivity index (χ1) is 6.23. The first-order valence-electron chi connectivity index (χ1n) is 5.31. The number of rotatable bonds is 0. The van der Waals surface area contributed by atoms with Gasteiger partial charge in [-0.25, -0.2) is 0 Å². The van der Waals surface area contributed by atoms with Gasteiger partial charge in [0, 0.05) is 5.54 Å². The Bertz CT molecular complexity index is 172. The molecule has 4 bridgehead atoms. The summed E-state index contributed by atoms with van der Waals surface area (Å²) in [6, 6.07) is 0. The van der Waals surface area contributed by atoms with Gasteiger partial charge in [-0.3, -0.25) is 0 Å². The minimum absolute atomic E-state index is 0. The maximum Gasteiger partial charge on any atom is 0.106 e. The molecule has 4 saturated carbocycles. The molecule has 0 aromatic carbocycles.